The summed E-state index contributed by atoms with van der Waals surface area (Å²) in [6.07, 6.45) is 7.28. The summed E-state index contributed by atoms with van der Waals surface area (Å²) in [6.45, 7) is 0. The van der Waals surface area contributed by atoms with Gasteiger partial charge in [-0.2, -0.15) is 15.0 Å². The molecule has 2 bridgehead atoms. The van der Waals surface area contributed by atoms with E-state index in [9.17, 15) is 4.79 Å². The summed E-state index contributed by atoms with van der Waals surface area (Å²) in [6, 6.07) is 5.85. The number of carbonyl (C=O) groups is 1. The minimum Gasteiger partial charge on any atom is -0.333 e. The van der Waals surface area contributed by atoms with Crippen LogP contribution in [0.15, 0.2) is 30.6 Å². The minimum absolute atomic E-state index is 0.0444. The summed E-state index contributed by atoms with van der Waals surface area (Å²) in [5, 5.41) is 9.40. The predicted molar refractivity (Wildman–Crippen MR) is 87.7 cm³/mol. The first-order valence-electron chi connectivity index (χ1n) is 7.77. The van der Waals surface area contributed by atoms with Crippen molar-refractivity contribution in [2.24, 2.45) is 0 Å². The Morgan fingerprint density at radius 1 is 1.00 bits per heavy atom. The molecule has 0 saturated carbocycles. The van der Waals surface area contributed by atoms with Crippen LogP contribution in [0.2, 0.25) is 10.0 Å². The van der Waals surface area contributed by atoms with E-state index in [1.807, 2.05) is 4.90 Å². The summed E-state index contributed by atoms with van der Waals surface area (Å²) >= 11 is 12.0. The molecule has 7 heteroatoms. The smallest absolute Gasteiger partial charge is 0.254 e. The molecule has 2 fully saturated rings. The summed E-state index contributed by atoms with van der Waals surface area (Å²) < 4.78 is 0. The number of amides is 1. The summed E-state index contributed by atoms with van der Waals surface area (Å²) in [4.78, 5) is 16.7. The molecule has 2 saturated heterocycles. The highest BCUT2D eigenvalue weighted by atomic mass is 35.5. The Kier molecular flexibility index (Phi) is 3.77. The lowest BCUT2D eigenvalue weighted by molar-refractivity contribution is 0.0512. The maximum Gasteiger partial charge on any atom is 0.254 e. The number of fused-ring (bicyclic) bond motifs is 2. The SMILES string of the molecule is O=C(c1ccc(Cl)c(Cl)c1)N1C2CCC1CC(n1nccn1)C2. The van der Waals surface area contributed by atoms with Gasteiger partial charge in [0.15, 0.2) is 0 Å². The molecule has 3 heterocycles. The summed E-state index contributed by atoms with van der Waals surface area (Å²) in [7, 11) is 0. The van der Waals surface area contributed by atoms with E-state index in [1.54, 1.807) is 35.4 Å². The molecular weight excluding hydrogens is 335 g/mol. The van der Waals surface area contributed by atoms with Crippen LogP contribution in [0.4, 0.5) is 0 Å². The second-order valence-corrected chi connectivity index (χ2v) is 7.02. The number of hydrogen-bond acceptors (Lipinski definition) is 3. The van der Waals surface area contributed by atoms with Crippen molar-refractivity contribution in [1.82, 2.24) is 19.9 Å². The zero-order valence-corrected chi connectivity index (χ0v) is 13.9. The number of halogens is 2. The first-order chi connectivity index (χ1) is 11.1. The van der Waals surface area contributed by atoms with E-state index >= 15 is 0 Å². The van der Waals surface area contributed by atoms with Crippen LogP contribution in [0, 0.1) is 0 Å². The Bertz CT molecular complexity index is 720. The molecular formula is C16H16Cl2N4O. The van der Waals surface area contributed by atoms with E-state index in [0.29, 0.717) is 15.6 Å². The highest BCUT2D eigenvalue weighted by Gasteiger charge is 2.44. The molecule has 2 aliphatic heterocycles. The molecule has 2 atom stereocenters. The quantitative estimate of drug-likeness (QED) is 0.831. The number of rotatable bonds is 2. The maximum absolute atomic E-state index is 12.9. The van der Waals surface area contributed by atoms with Gasteiger partial charge in [0.1, 0.15) is 0 Å². The van der Waals surface area contributed by atoms with E-state index in [-0.39, 0.29) is 24.0 Å². The van der Waals surface area contributed by atoms with E-state index in [4.69, 9.17) is 23.2 Å². The Labute approximate surface area is 144 Å². The van der Waals surface area contributed by atoms with Gasteiger partial charge in [0, 0.05) is 17.6 Å². The number of piperidine rings is 1. The van der Waals surface area contributed by atoms with Crippen LogP contribution in [-0.2, 0) is 0 Å². The Hall–Kier alpha value is -1.59. The van der Waals surface area contributed by atoms with Crippen LogP contribution in [0.1, 0.15) is 42.1 Å². The van der Waals surface area contributed by atoms with Crippen molar-refractivity contribution in [3.05, 3.63) is 46.2 Å². The lowest BCUT2D eigenvalue weighted by Gasteiger charge is -2.38. The lowest BCUT2D eigenvalue weighted by Crippen LogP contribution is -2.47. The minimum atomic E-state index is 0.0444. The molecule has 1 aromatic carbocycles. The van der Waals surface area contributed by atoms with Crippen LogP contribution < -0.4 is 0 Å². The third-order valence-corrected chi connectivity index (χ3v) is 5.61. The molecule has 5 nitrogen and oxygen atoms in total. The topological polar surface area (TPSA) is 51.0 Å². The Balaban J connectivity index is 1.56. The largest absolute Gasteiger partial charge is 0.333 e. The van der Waals surface area contributed by atoms with Crippen molar-refractivity contribution < 1.29 is 4.79 Å². The van der Waals surface area contributed by atoms with E-state index in [1.165, 1.54) is 0 Å². The molecule has 0 N–H and O–H groups in total. The zero-order chi connectivity index (χ0) is 16.0. The molecule has 0 aliphatic carbocycles. The second-order valence-electron chi connectivity index (χ2n) is 6.20. The van der Waals surface area contributed by atoms with Crippen molar-refractivity contribution >= 4 is 29.1 Å². The van der Waals surface area contributed by atoms with Gasteiger partial charge in [0.2, 0.25) is 0 Å². The molecule has 0 spiro atoms. The molecule has 2 aromatic rings. The third kappa shape index (κ3) is 2.62. The molecule has 1 amide bonds. The molecule has 23 heavy (non-hydrogen) atoms. The first-order valence-corrected chi connectivity index (χ1v) is 8.52. The third-order valence-electron chi connectivity index (χ3n) is 4.87. The van der Waals surface area contributed by atoms with Gasteiger partial charge in [0.05, 0.1) is 28.5 Å². The molecule has 4 rings (SSSR count). The van der Waals surface area contributed by atoms with Crippen LogP contribution in [0.25, 0.3) is 0 Å². The van der Waals surface area contributed by atoms with E-state index in [0.717, 1.165) is 25.7 Å². The zero-order valence-electron chi connectivity index (χ0n) is 12.4. The number of nitrogens with zero attached hydrogens (tertiary/aromatic N) is 4. The van der Waals surface area contributed by atoms with Gasteiger partial charge in [-0.3, -0.25) is 4.79 Å². The van der Waals surface area contributed by atoms with Crippen LogP contribution >= 0.6 is 23.2 Å². The Morgan fingerprint density at radius 3 is 2.26 bits per heavy atom. The fourth-order valence-electron chi connectivity index (χ4n) is 3.86. The van der Waals surface area contributed by atoms with Crippen molar-refractivity contribution in [3.63, 3.8) is 0 Å². The second kappa shape index (κ2) is 5.80. The standard InChI is InChI=1S/C16H16Cl2N4O/c17-14-4-1-10(7-15(14)18)16(23)21-11-2-3-12(21)9-13(8-11)22-19-5-6-20-22/h1,4-7,11-13H,2-3,8-9H2. The molecule has 1 aromatic heterocycles. The fraction of sp³-hybridized carbons (Fsp3) is 0.438. The van der Waals surface area contributed by atoms with Crippen LogP contribution in [0.3, 0.4) is 0 Å². The maximum atomic E-state index is 12.9. The van der Waals surface area contributed by atoms with Crippen molar-refractivity contribution in [2.75, 3.05) is 0 Å². The first kappa shape index (κ1) is 15.0. The highest BCUT2D eigenvalue weighted by Crippen LogP contribution is 2.41. The lowest BCUT2D eigenvalue weighted by atomic mass is 9.96. The Morgan fingerprint density at radius 2 is 1.65 bits per heavy atom. The number of hydrogen-bond donors (Lipinski definition) is 0. The molecule has 2 aliphatic rings. The van der Waals surface area contributed by atoms with Gasteiger partial charge in [-0.05, 0) is 43.9 Å². The van der Waals surface area contributed by atoms with Crippen molar-refractivity contribution in [2.45, 2.75) is 43.8 Å². The van der Waals surface area contributed by atoms with Crippen molar-refractivity contribution in [1.29, 1.82) is 0 Å². The molecule has 120 valence electrons. The van der Waals surface area contributed by atoms with Crippen LogP contribution in [-0.4, -0.2) is 37.9 Å². The van der Waals surface area contributed by atoms with Gasteiger partial charge < -0.3 is 4.90 Å². The predicted octanol–water partition coefficient (Wildman–Crippen LogP) is 3.59. The van der Waals surface area contributed by atoms with Gasteiger partial charge in [0.25, 0.3) is 5.91 Å². The van der Waals surface area contributed by atoms with E-state index in [2.05, 4.69) is 10.2 Å². The molecule has 2 unspecified atom stereocenters. The van der Waals surface area contributed by atoms with E-state index < -0.39 is 0 Å². The van der Waals surface area contributed by atoms with Gasteiger partial charge in [-0.1, -0.05) is 23.2 Å². The van der Waals surface area contributed by atoms with Gasteiger partial charge in [-0.15, -0.1) is 0 Å². The highest BCUT2D eigenvalue weighted by molar-refractivity contribution is 6.42. The average Bonchev–Trinajstić information content (AvgIpc) is 3.16. The van der Waals surface area contributed by atoms with Gasteiger partial charge in [-0.25, -0.2) is 0 Å². The summed E-state index contributed by atoms with van der Waals surface area (Å²) in [5.74, 6) is 0.0444. The van der Waals surface area contributed by atoms with Crippen molar-refractivity contribution in [3.8, 4) is 0 Å². The summed E-state index contributed by atoms with van der Waals surface area (Å²) in [5.41, 5.74) is 0.604. The number of carbonyl (C=O) groups excluding carboxylic acids is 1. The van der Waals surface area contributed by atoms with Crippen LogP contribution in [0.5, 0.6) is 0 Å². The number of aromatic nitrogens is 3. The molecule has 0 radical (unpaired) electrons. The normalized spacial score (nSPS) is 26.5. The monoisotopic (exact) mass is 350 g/mol. The number of benzene rings is 1. The fourth-order valence-corrected chi connectivity index (χ4v) is 4.16. The van der Waals surface area contributed by atoms with Gasteiger partial charge >= 0.3 is 0 Å². The average molecular weight is 351 g/mol.